The van der Waals surface area contributed by atoms with E-state index >= 15 is 0 Å². The molecule has 2 aromatic rings. The lowest BCUT2D eigenvalue weighted by Gasteiger charge is -2.37. The van der Waals surface area contributed by atoms with Gasteiger partial charge in [-0.3, -0.25) is 0 Å². The maximum Gasteiger partial charge on any atom is 0.143 e. The third-order valence-corrected chi connectivity index (χ3v) is 6.38. The van der Waals surface area contributed by atoms with Crippen LogP contribution in [0.3, 0.4) is 0 Å². The van der Waals surface area contributed by atoms with Gasteiger partial charge >= 0.3 is 0 Å². The van der Waals surface area contributed by atoms with Gasteiger partial charge in [-0.1, -0.05) is 13.8 Å². The smallest absolute Gasteiger partial charge is 0.143 e. The second-order valence-electron chi connectivity index (χ2n) is 9.15. The Morgan fingerprint density at radius 2 is 1.97 bits per heavy atom. The molecule has 30 heavy (non-hydrogen) atoms. The molecule has 7 nitrogen and oxygen atoms in total. The summed E-state index contributed by atoms with van der Waals surface area (Å²) < 4.78 is 6.48. The zero-order valence-electron chi connectivity index (χ0n) is 18.0. The van der Waals surface area contributed by atoms with E-state index in [9.17, 15) is 5.26 Å². The molecule has 0 amide bonds. The summed E-state index contributed by atoms with van der Waals surface area (Å²) in [5.41, 5.74) is 17.1. The Kier molecular flexibility index (Phi) is 5.29. The molecule has 4 rings (SSSR count). The fourth-order valence-electron chi connectivity index (χ4n) is 4.90. The summed E-state index contributed by atoms with van der Waals surface area (Å²) in [4.78, 5) is 10.8. The molecule has 0 atom stereocenters. The number of anilines is 2. The Bertz CT molecular complexity index is 988. The highest BCUT2D eigenvalue weighted by molar-refractivity contribution is 5.83. The molecule has 1 heterocycles. The third kappa shape index (κ3) is 3.56. The van der Waals surface area contributed by atoms with Crippen molar-refractivity contribution in [2.24, 2.45) is 5.73 Å². The van der Waals surface area contributed by atoms with Gasteiger partial charge in [-0.25, -0.2) is 9.97 Å². The number of nitrogens with two attached hydrogens (primary N) is 2. The molecule has 4 N–H and O–H groups in total. The zero-order chi connectivity index (χ0) is 21.5. The van der Waals surface area contributed by atoms with Crippen LogP contribution in [-0.2, 0) is 11.8 Å². The fraction of sp³-hybridized carbons (Fsp3) is 0.522. The van der Waals surface area contributed by atoms with E-state index in [1.165, 1.54) is 6.33 Å². The van der Waals surface area contributed by atoms with E-state index in [-0.39, 0.29) is 24.1 Å². The molecule has 2 aliphatic rings. The highest BCUT2D eigenvalue weighted by Gasteiger charge is 2.37. The van der Waals surface area contributed by atoms with Crippen molar-refractivity contribution >= 4 is 11.5 Å². The number of rotatable bonds is 4. The fourth-order valence-corrected chi connectivity index (χ4v) is 4.90. The van der Waals surface area contributed by atoms with Gasteiger partial charge in [0.1, 0.15) is 24.4 Å². The first-order chi connectivity index (χ1) is 14.3. The van der Waals surface area contributed by atoms with Gasteiger partial charge in [0.2, 0.25) is 0 Å². The van der Waals surface area contributed by atoms with E-state index in [0.717, 1.165) is 65.9 Å². The summed E-state index contributed by atoms with van der Waals surface area (Å²) in [6.07, 6.45) is 6.32. The van der Waals surface area contributed by atoms with Crippen LogP contribution >= 0.6 is 0 Å². The highest BCUT2D eigenvalue weighted by atomic mass is 16.5. The molecule has 7 heteroatoms. The van der Waals surface area contributed by atoms with Gasteiger partial charge in [0.05, 0.1) is 23.6 Å². The molecule has 1 fully saturated rings. The Hall–Kier alpha value is -2.85. The molecule has 1 saturated carbocycles. The predicted molar refractivity (Wildman–Crippen MR) is 118 cm³/mol. The summed E-state index contributed by atoms with van der Waals surface area (Å²) in [7, 11) is 1.94. The SMILES string of the molecule is CN(CC#N)c1c(OC2CCC(N)CC2)ccc2c1CC(C)(C)c1c(N)ncnc1-2. The van der Waals surface area contributed by atoms with E-state index in [1.54, 1.807) is 0 Å². The van der Waals surface area contributed by atoms with E-state index in [2.05, 4.69) is 36.0 Å². The highest BCUT2D eigenvalue weighted by Crippen LogP contribution is 2.49. The lowest BCUT2D eigenvalue weighted by Crippen LogP contribution is -2.33. The standard InChI is InChI=1S/C23H30N6O/c1-23(2)12-17-16(20-19(23)22(26)28-13-27-20)8-9-18(21(17)29(3)11-10-24)30-15-6-4-14(25)5-7-15/h8-9,13-15H,4-7,11-12,25H2,1-3H3,(H2,26,27,28). The van der Waals surface area contributed by atoms with Gasteiger partial charge in [-0.05, 0) is 55.2 Å². The number of hydrogen-bond acceptors (Lipinski definition) is 7. The van der Waals surface area contributed by atoms with Crippen LogP contribution in [0.2, 0.25) is 0 Å². The third-order valence-electron chi connectivity index (χ3n) is 6.38. The van der Waals surface area contributed by atoms with Crippen molar-refractivity contribution in [3.8, 4) is 23.1 Å². The number of aromatic nitrogens is 2. The maximum absolute atomic E-state index is 9.36. The van der Waals surface area contributed by atoms with Gasteiger partial charge in [-0.15, -0.1) is 0 Å². The Balaban J connectivity index is 1.83. The van der Waals surface area contributed by atoms with Crippen molar-refractivity contribution in [3.63, 3.8) is 0 Å². The molecule has 0 spiro atoms. The molecule has 0 aliphatic heterocycles. The number of ether oxygens (including phenoxy) is 1. The number of fused-ring (bicyclic) bond motifs is 3. The average molecular weight is 407 g/mol. The van der Waals surface area contributed by atoms with Crippen molar-refractivity contribution in [2.45, 2.75) is 63.5 Å². The van der Waals surface area contributed by atoms with Crippen molar-refractivity contribution < 1.29 is 4.74 Å². The first-order valence-corrected chi connectivity index (χ1v) is 10.6. The Labute approximate surface area is 178 Å². The molecule has 0 unspecified atom stereocenters. The van der Waals surface area contributed by atoms with Gasteiger partial charge in [-0.2, -0.15) is 5.26 Å². The number of hydrogen-bond donors (Lipinski definition) is 2. The number of benzene rings is 1. The lowest BCUT2D eigenvalue weighted by atomic mass is 9.71. The first kappa shape index (κ1) is 20.4. The monoisotopic (exact) mass is 406 g/mol. The lowest BCUT2D eigenvalue weighted by molar-refractivity contribution is 0.147. The van der Waals surface area contributed by atoms with Gasteiger partial charge in [0, 0.05) is 24.2 Å². The minimum Gasteiger partial charge on any atom is -0.488 e. The number of nitrogen functional groups attached to an aromatic ring is 1. The molecule has 1 aromatic heterocycles. The molecule has 0 radical (unpaired) electrons. The van der Waals surface area contributed by atoms with E-state index in [1.807, 2.05) is 18.0 Å². The van der Waals surface area contributed by atoms with Crippen LogP contribution in [0.4, 0.5) is 11.5 Å². The van der Waals surface area contributed by atoms with Crippen LogP contribution in [0.5, 0.6) is 5.75 Å². The van der Waals surface area contributed by atoms with Crippen LogP contribution in [0.25, 0.3) is 11.3 Å². The van der Waals surface area contributed by atoms with Crippen molar-refractivity contribution in [1.29, 1.82) is 5.26 Å². The normalized spacial score (nSPS) is 21.8. The maximum atomic E-state index is 9.36. The zero-order valence-corrected chi connectivity index (χ0v) is 18.0. The Morgan fingerprint density at radius 3 is 2.67 bits per heavy atom. The van der Waals surface area contributed by atoms with E-state index in [4.69, 9.17) is 16.2 Å². The molecule has 0 bridgehead atoms. The number of nitrogens with zero attached hydrogens (tertiary/aromatic N) is 4. The molecule has 2 aliphatic carbocycles. The van der Waals surface area contributed by atoms with Gasteiger partial charge in [0.15, 0.2) is 0 Å². The van der Waals surface area contributed by atoms with Crippen LogP contribution in [0.1, 0.15) is 50.7 Å². The quantitative estimate of drug-likeness (QED) is 0.750. The molecule has 0 saturated heterocycles. The largest absolute Gasteiger partial charge is 0.488 e. The summed E-state index contributed by atoms with van der Waals surface area (Å²) >= 11 is 0. The topological polar surface area (TPSA) is 114 Å². The van der Waals surface area contributed by atoms with E-state index in [0.29, 0.717) is 5.82 Å². The summed E-state index contributed by atoms with van der Waals surface area (Å²) in [6.45, 7) is 4.61. The minimum absolute atomic E-state index is 0.152. The van der Waals surface area contributed by atoms with E-state index < -0.39 is 0 Å². The van der Waals surface area contributed by atoms with Crippen molar-refractivity contribution in [2.75, 3.05) is 24.2 Å². The molecule has 1 aromatic carbocycles. The Morgan fingerprint density at radius 1 is 1.23 bits per heavy atom. The summed E-state index contributed by atoms with van der Waals surface area (Å²) in [5.74, 6) is 1.36. The van der Waals surface area contributed by atoms with Crippen LogP contribution in [-0.4, -0.2) is 35.7 Å². The predicted octanol–water partition coefficient (Wildman–Crippen LogP) is 3.17. The van der Waals surface area contributed by atoms with Crippen molar-refractivity contribution in [3.05, 3.63) is 29.6 Å². The number of nitriles is 1. The van der Waals surface area contributed by atoms with Crippen LogP contribution in [0, 0.1) is 11.3 Å². The van der Waals surface area contributed by atoms with Crippen molar-refractivity contribution in [1.82, 2.24) is 9.97 Å². The second-order valence-corrected chi connectivity index (χ2v) is 9.15. The van der Waals surface area contributed by atoms with Crippen LogP contribution in [0.15, 0.2) is 18.5 Å². The summed E-state index contributed by atoms with van der Waals surface area (Å²) in [5, 5.41) is 9.36. The first-order valence-electron chi connectivity index (χ1n) is 10.6. The average Bonchev–Trinajstić information content (AvgIpc) is 2.69. The van der Waals surface area contributed by atoms with Crippen LogP contribution < -0.4 is 21.1 Å². The molecular formula is C23H30N6O. The summed E-state index contributed by atoms with van der Waals surface area (Å²) in [6, 6.07) is 6.62. The minimum atomic E-state index is -0.230. The molecule has 158 valence electrons. The van der Waals surface area contributed by atoms with Gasteiger partial charge in [0.25, 0.3) is 0 Å². The van der Waals surface area contributed by atoms with Gasteiger partial charge < -0.3 is 21.1 Å². The second kappa shape index (κ2) is 7.77. The molecular weight excluding hydrogens is 376 g/mol.